The average Bonchev–Trinajstić information content (AvgIpc) is 3.36. The van der Waals surface area contributed by atoms with E-state index in [4.69, 9.17) is 98.0 Å². The third kappa shape index (κ3) is 8.38. The number of hydrogen-bond donors (Lipinski definition) is 0. The molecular weight excluding hydrogens is 1030 g/mol. The summed E-state index contributed by atoms with van der Waals surface area (Å²) in [5, 5.41) is 18.4. The molecule has 0 aliphatic rings. The maximum absolute atomic E-state index is 7.21. The molecule has 0 saturated carbocycles. The summed E-state index contributed by atoms with van der Waals surface area (Å²) in [6.45, 7) is 15.7. The van der Waals surface area contributed by atoms with E-state index in [0.717, 1.165) is 174 Å². The topological polar surface area (TPSA) is 55.4 Å². The first-order valence-electron chi connectivity index (χ1n) is 26.0. The lowest BCUT2D eigenvalue weighted by molar-refractivity contribution is 0.267. The van der Waals surface area contributed by atoms with E-state index in [1.165, 1.54) is 0 Å². The zero-order valence-electron chi connectivity index (χ0n) is 41.9. The van der Waals surface area contributed by atoms with Crippen molar-refractivity contribution < 1.29 is 28.4 Å². The smallest absolute Gasteiger partial charge is 0.170 e. The van der Waals surface area contributed by atoms with Crippen molar-refractivity contribution in [2.24, 2.45) is 0 Å². The Hall–Kier alpha value is -4.14. The van der Waals surface area contributed by atoms with Gasteiger partial charge in [-0.1, -0.05) is 150 Å². The second-order valence-electron chi connectivity index (χ2n) is 19.1. The fourth-order valence-electron chi connectivity index (χ4n) is 10.8. The maximum Gasteiger partial charge on any atom is 0.170 e. The van der Waals surface area contributed by atoms with Gasteiger partial charge in [0.2, 0.25) is 0 Å². The number of fused-ring (bicyclic) bond motifs is 9. The van der Waals surface area contributed by atoms with Gasteiger partial charge in [-0.2, -0.15) is 0 Å². The molecule has 10 rings (SSSR count). The highest BCUT2D eigenvalue weighted by Crippen LogP contribution is 2.65. The van der Waals surface area contributed by atoms with Gasteiger partial charge >= 0.3 is 0 Å². The van der Waals surface area contributed by atoms with E-state index in [1.54, 1.807) is 0 Å². The van der Waals surface area contributed by atoms with E-state index in [0.29, 0.717) is 104 Å². The molecule has 378 valence electrons. The Bertz CT molecular complexity index is 3010. The molecule has 0 bridgehead atoms. The third-order valence-electron chi connectivity index (χ3n) is 14.2. The van der Waals surface area contributed by atoms with E-state index >= 15 is 0 Å². The largest absolute Gasteiger partial charge is 0.489 e. The van der Waals surface area contributed by atoms with Gasteiger partial charge in [0, 0.05) is 64.6 Å². The van der Waals surface area contributed by atoms with Crippen molar-refractivity contribution in [3.05, 3.63) is 66.5 Å². The summed E-state index contributed by atoms with van der Waals surface area (Å²) < 4.78 is 43.3. The molecule has 0 aromatic heterocycles. The lowest BCUT2D eigenvalue weighted by Crippen LogP contribution is -2.09. The number of benzene rings is 10. The van der Waals surface area contributed by atoms with E-state index in [9.17, 15) is 0 Å². The Labute approximate surface area is 451 Å². The fraction of sp³-hybridized carbons (Fsp3) is 0.400. The highest BCUT2D eigenvalue weighted by Gasteiger charge is 2.37. The Morgan fingerprint density at radius 3 is 0.500 bits per heavy atom. The van der Waals surface area contributed by atoms with Gasteiger partial charge in [-0.25, -0.2) is 0 Å². The molecule has 0 radical (unpaired) electrons. The Morgan fingerprint density at radius 1 is 0.236 bits per heavy atom. The van der Waals surface area contributed by atoms with E-state index in [2.05, 4.69) is 41.5 Å². The van der Waals surface area contributed by atoms with Crippen LogP contribution in [0.1, 0.15) is 119 Å². The first-order chi connectivity index (χ1) is 35.1. The SMILES string of the molecule is CCCCOc1c(OCCCC)c2c3cc(Cl)c(Cl)cc3c3c(OCCCC)c(OCCCC)c4c5cc(Cl)c(Cl)cc5c5c(OCCCC)c(OCCCC)c6c7cc(Cl)c(Cl)cc7c1c1c2c3c4c5c61. The van der Waals surface area contributed by atoms with Gasteiger partial charge in [0.25, 0.3) is 0 Å². The number of hydrogen-bond acceptors (Lipinski definition) is 6. The van der Waals surface area contributed by atoms with Crippen molar-refractivity contribution in [2.45, 2.75) is 119 Å². The van der Waals surface area contributed by atoms with Crippen LogP contribution in [0.4, 0.5) is 0 Å². The normalized spacial score (nSPS) is 12.3. The van der Waals surface area contributed by atoms with E-state index in [-0.39, 0.29) is 0 Å². The first-order valence-corrected chi connectivity index (χ1v) is 28.3. The van der Waals surface area contributed by atoms with Gasteiger partial charge < -0.3 is 28.4 Å². The predicted octanol–water partition coefficient (Wildman–Crippen LogP) is 21.4. The molecule has 0 spiro atoms. The quantitative estimate of drug-likeness (QED) is 0.0341. The molecule has 10 aromatic carbocycles. The molecule has 10 aromatic rings. The van der Waals surface area contributed by atoms with Crippen LogP contribution < -0.4 is 28.4 Å². The number of unbranched alkanes of at least 4 members (excludes halogenated alkanes) is 6. The van der Waals surface area contributed by atoms with Crippen LogP contribution in [0.25, 0.3) is 97.0 Å². The molecular formula is C60H60Cl6O6. The Balaban J connectivity index is 1.65. The van der Waals surface area contributed by atoms with E-state index in [1.807, 2.05) is 36.4 Å². The second kappa shape index (κ2) is 21.6. The molecule has 0 heterocycles. The molecule has 0 fully saturated rings. The zero-order chi connectivity index (χ0) is 50.5. The van der Waals surface area contributed by atoms with Crippen molar-refractivity contribution in [2.75, 3.05) is 39.6 Å². The van der Waals surface area contributed by atoms with Crippen LogP contribution in [-0.2, 0) is 0 Å². The molecule has 0 aliphatic carbocycles. The van der Waals surface area contributed by atoms with Crippen LogP contribution in [-0.4, -0.2) is 39.6 Å². The molecule has 0 saturated heterocycles. The van der Waals surface area contributed by atoms with Crippen LogP contribution in [0.5, 0.6) is 34.5 Å². The molecule has 0 N–H and O–H groups in total. The summed E-state index contributed by atoms with van der Waals surface area (Å²) in [6.07, 6.45) is 10.5. The standard InChI is InChI=1S/C60H60Cl6O6/c1-7-13-19-67-55-43-31-25-37(61)38(62)26-32(31)45-51-49(43)50-44(56(55)68-20-14-8-2)33-27-39(63)40(64)28-34(33)46-52(50)54-48(60(72-24-18-12-6)58(46)70-22-16-10-4)36-30-42(66)41(65)29-35(36)47(53(51)54)59(71-23-17-11-5)57(45)69-21-15-9-3/h25-30H,7-24H2,1-6H3. The van der Waals surface area contributed by atoms with Crippen LogP contribution in [0.3, 0.4) is 0 Å². The van der Waals surface area contributed by atoms with Crippen molar-refractivity contribution in [1.82, 2.24) is 0 Å². The van der Waals surface area contributed by atoms with Gasteiger partial charge in [-0.15, -0.1) is 0 Å². The summed E-state index contributed by atoms with van der Waals surface area (Å²) in [4.78, 5) is 0. The molecule has 0 unspecified atom stereocenters. The predicted molar refractivity (Wildman–Crippen MR) is 310 cm³/mol. The minimum atomic E-state index is 0.412. The highest BCUT2D eigenvalue weighted by molar-refractivity contribution is 6.57. The third-order valence-corrected chi connectivity index (χ3v) is 16.4. The average molecular weight is 1090 g/mol. The van der Waals surface area contributed by atoms with Crippen LogP contribution in [0.2, 0.25) is 30.1 Å². The van der Waals surface area contributed by atoms with Crippen LogP contribution >= 0.6 is 69.6 Å². The lowest BCUT2D eigenvalue weighted by atomic mass is 9.76. The van der Waals surface area contributed by atoms with Crippen molar-refractivity contribution in [3.8, 4) is 34.5 Å². The molecule has 6 nitrogen and oxygen atoms in total. The molecule has 12 heteroatoms. The molecule has 0 amide bonds. The minimum absolute atomic E-state index is 0.412. The summed E-state index contributed by atoms with van der Waals surface area (Å²) in [5.74, 6) is 3.74. The summed E-state index contributed by atoms with van der Waals surface area (Å²) >= 11 is 43.2. The summed E-state index contributed by atoms with van der Waals surface area (Å²) in [6, 6.07) is 11.9. The summed E-state index contributed by atoms with van der Waals surface area (Å²) in [5.41, 5.74) is 0. The van der Waals surface area contributed by atoms with Crippen LogP contribution in [0, 0.1) is 0 Å². The van der Waals surface area contributed by atoms with Gasteiger partial charge in [0.15, 0.2) is 34.5 Å². The molecule has 0 atom stereocenters. The first kappa shape index (κ1) is 51.4. The monoisotopic (exact) mass is 1090 g/mol. The summed E-state index contributed by atoms with van der Waals surface area (Å²) in [7, 11) is 0. The number of halogens is 6. The zero-order valence-corrected chi connectivity index (χ0v) is 46.4. The fourth-order valence-corrected chi connectivity index (χ4v) is 11.8. The van der Waals surface area contributed by atoms with E-state index < -0.39 is 0 Å². The van der Waals surface area contributed by atoms with Gasteiger partial charge in [0.05, 0.1) is 69.8 Å². The van der Waals surface area contributed by atoms with Crippen molar-refractivity contribution >= 4 is 167 Å². The Morgan fingerprint density at radius 2 is 0.375 bits per heavy atom. The van der Waals surface area contributed by atoms with Crippen LogP contribution in [0.15, 0.2) is 36.4 Å². The van der Waals surface area contributed by atoms with Gasteiger partial charge in [-0.05, 0) is 107 Å². The number of ether oxygens (including phenoxy) is 6. The lowest BCUT2D eigenvalue weighted by Gasteiger charge is -2.31. The molecule has 72 heavy (non-hydrogen) atoms. The highest BCUT2D eigenvalue weighted by atomic mass is 35.5. The van der Waals surface area contributed by atoms with Crippen molar-refractivity contribution in [1.29, 1.82) is 0 Å². The minimum Gasteiger partial charge on any atom is -0.489 e. The van der Waals surface area contributed by atoms with Gasteiger partial charge in [-0.3, -0.25) is 0 Å². The van der Waals surface area contributed by atoms with Gasteiger partial charge in [0.1, 0.15) is 0 Å². The second-order valence-corrected chi connectivity index (χ2v) is 21.6. The number of rotatable bonds is 24. The Kier molecular flexibility index (Phi) is 15.4. The molecule has 0 aliphatic heterocycles. The van der Waals surface area contributed by atoms with Crippen molar-refractivity contribution in [3.63, 3.8) is 0 Å². The maximum atomic E-state index is 7.21.